The molecule has 2 nitrogen and oxygen atoms in total. The molecule has 1 aliphatic heterocycles. The topological polar surface area (TPSA) is 15.3 Å². The van der Waals surface area contributed by atoms with Crippen LogP contribution in [0.5, 0.6) is 0 Å². The molecule has 0 amide bonds. The van der Waals surface area contributed by atoms with Gasteiger partial charge in [-0.3, -0.25) is 0 Å². The van der Waals surface area contributed by atoms with Crippen LogP contribution in [0.2, 0.25) is 0 Å². The first-order valence-electron chi connectivity index (χ1n) is 7.39. The van der Waals surface area contributed by atoms with Gasteiger partial charge in [0.05, 0.1) is 3.79 Å². The minimum Gasteiger partial charge on any atom is -0.309 e. The Labute approximate surface area is 129 Å². The third-order valence-corrected chi connectivity index (χ3v) is 5.73. The van der Waals surface area contributed by atoms with Crippen molar-refractivity contribution in [3.63, 3.8) is 0 Å². The van der Waals surface area contributed by atoms with Crippen molar-refractivity contribution in [3.8, 4) is 0 Å². The molecule has 2 rings (SSSR count). The van der Waals surface area contributed by atoms with Crippen LogP contribution in [0.15, 0.2) is 15.9 Å². The fraction of sp³-hybridized carbons (Fsp3) is 0.733. The molecular weight excluding hydrogens is 320 g/mol. The van der Waals surface area contributed by atoms with E-state index in [0.29, 0.717) is 6.04 Å². The Bertz CT molecular complexity index is 372. The van der Waals surface area contributed by atoms with Gasteiger partial charge in [0, 0.05) is 17.5 Å². The Morgan fingerprint density at radius 3 is 2.74 bits per heavy atom. The summed E-state index contributed by atoms with van der Waals surface area (Å²) in [6.45, 7) is 9.48. The molecule has 4 heteroatoms. The average Bonchev–Trinajstić information content (AvgIpc) is 2.83. The first kappa shape index (κ1) is 15.5. The first-order chi connectivity index (χ1) is 9.19. The molecule has 1 fully saturated rings. The lowest BCUT2D eigenvalue weighted by Gasteiger charge is -2.35. The van der Waals surface area contributed by atoms with E-state index < -0.39 is 0 Å². The molecule has 1 unspecified atom stereocenters. The van der Waals surface area contributed by atoms with E-state index >= 15 is 0 Å². The quantitative estimate of drug-likeness (QED) is 0.835. The summed E-state index contributed by atoms with van der Waals surface area (Å²) in [5.41, 5.74) is 0. The highest BCUT2D eigenvalue weighted by atomic mass is 79.9. The van der Waals surface area contributed by atoms with E-state index in [2.05, 4.69) is 52.1 Å². The lowest BCUT2D eigenvalue weighted by atomic mass is 9.90. The van der Waals surface area contributed by atoms with E-state index in [1.54, 1.807) is 0 Å². The smallest absolute Gasteiger partial charge is 0.0701 e. The van der Waals surface area contributed by atoms with Crippen LogP contribution >= 0.6 is 27.3 Å². The molecule has 0 aliphatic carbocycles. The summed E-state index contributed by atoms with van der Waals surface area (Å²) in [6, 6.07) is 4.97. The fourth-order valence-electron chi connectivity index (χ4n) is 2.87. The molecule has 1 aromatic heterocycles. The summed E-state index contributed by atoms with van der Waals surface area (Å²) in [4.78, 5) is 4.03. The average molecular weight is 345 g/mol. The van der Waals surface area contributed by atoms with E-state index in [9.17, 15) is 0 Å². The maximum Gasteiger partial charge on any atom is 0.0701 e. The number of hydrogen-bond acceptors (Lipinski definition) is 3. The number of likely N-dealkylation sites (tertiary alicyclic amines) is 1. The van der Waals surface area contributed by atoms with Gasteiger partial charge in [0.2, 0.25) is 0 Å². The van der Waals surface area contributed by atoms with Crippen molar-refractivity contribution in [2.75, 3.05) is 19.6 Å². The van der Waals surface area contributed by atoms with E-state index in [1.165, 1.54) is 47.6 Å². The molecule has 0 radical (unpaired) electrons. The molecule has 0 bridgehead atoms. The molecule has 2 heterocycles. The number of nitrogens with zero attached hydrogens (tertiary/aromatic N) is 1. The molecule has 19 heavy (non-hydrogen) atoms. The lowest BCUT2D eigenvalue weighted by Crippen LogP contribution is -2.41. The Balaban J connectivity index is 1.70. The molecular formula is C15H25BrN2S. The predicted molar refractivity (Wildman–Crippen MR) is 87.8 cm³/mol. The summed E-state index contributed by atoms with van der Waals surface area (Å²) < 4.78 is 1.23. The van der Waals surface area contributed by atoms with Crippen molar-refractivity contribution in [1.82, 2.24) is 10.2 Å². The van der Waals surface area contributed by atoms with Crippen LogP contribution in [0.4, 0.5) is 0 Å². The highest BCUT2D eigenvalue weighted by Crippen LogP contribution is 2.24. The summed E-state index contributed by atoms with van der Waals surface area (Å²) in [7, 11) is 0. The Morgan fingerprint density at radius 2 is 2.16 bits per heavy atom. The van der Waals surface area contributed by atoms with Gasteiger partial charge < -0.3 is 10.2 Å². The number of thiophene rings is 1. The highest BCUT2D eigenvalue weighted by Gasteiger charge is 2.23. The van der Waals surface area contributed by atoms with Gasteiger partial charge in [-0.15, -0.1) is 11.3 Å². The highest BCUT2D eigenvalue weighted by molar-refractivity contribution is 9.11. The Hall–Kier alpha value is 0.1000. The fourth-order valence-corrected chi connectivity index (χ4v) is 4.30. The number of halogens is 1. The van der Waals surface area contributed by atoms with Crippen molar-refractivity contribution < 1.29 is 0 Å². The molecule has 1 aromatic rings. The number of piperidine rings is 1. The van der Waals surface area contributed by atoms with E-state index in [4.69, 9.17) is 0 Å². The summed E-state index contributed by atoms with van der Waals surface area (Å²) in [5.74, 6) is 0.844. The van der Waals surface area contributed by atoms with Crippen LogP contribution in [-0.4, -0.2) is 30.6 Å². The third-order valence-electron chi connectivity index (χ3n) is 4.11. The molecule has 0 aromatic carbocycles. The normalized spacial score (nSPS) is 19.7. The maximum absolute atomic E-state index is 3.70. The van der Waals surface area contributed by atoms with Crippen molar-refractivity contribution in [2.24, 2.45) is 5.92 Å². The molecule has 1 saturated heterocycles. The minimum atomic E-state index is 0.629. The summed E-state index contributed by atoms with van der Waals surface area (Å²) in [6.07, 6.45) is 3.98. The second-order valence-corrected chi connectivity index (χ2v) is 8.10. The predicted octanol–water partition coefficient (Wildman–Crippen LogP) is 4.11. The third kappa shape index (κ3) is 4.85. The van der Waals surface area contributed by atoms with Gasteiger partial charge in [0.25, 0.3) is 0 Å². The Morgan fingerprint density at radius 1 is 1.42 bits per heavy atom. The standard InChI is InChI=1S/C15H25BrN2S/c1-3-8-18-9-6-13(7-10-18)12(2)17-11-14-4-5-15(16)19-14/h4-5,12-13,17H,3,6-11H2,1-2H3. The number of rotatable bonds is 6. The van der Waals surface area contributed by atoms with Crippen LogP contribution in [0, 0.1) is 5.92 Å². The Kier molecular flexibility index (Phi) is 6.33. The molecule has 108 valence electrons. The van der Waals surface area contributed by atoms with Crippen molar-refractivity contribution >= 4 is 27.3 Å². The zero-order valence-corrected chi connectivity index (χ0v) is 14.4. The largest absolute Gasteiger partial charge is 0.309 e. The van der Waals surface area contributed by atoms with E-state index in [-0.39, 0.29) is 0 Å². The first-order valence-corrected chi connectivity index (χ1v) is 9.00. The molecule has 1 N–H and O–H groups in total. The van der Waals surface area contributed by atoms with Gasteiger partial charge >= 0.3 is 0 Å². The zero-order valence-electron chi connectivity index (χ0n) is 12.0. The number of nitrogens with one attached hydrogen (secondary N) is 1. The molecule has 1 atom stereocenters. The van der Waals surface area contributed by atoms with Crippen molar-refractivity contribution in [1.29, 1.82) is 0 Å². The second kappa shape index (κ2) is 7.77. The second-order valence-electron chi connectivity index (χ2n) is 5.55. The van der Waals surface area contributed by atoms with Crippen LogP contribution < -0.4 is 5.32 Å². The van der Waals surface area contributed by atoms with Gasteiger partial charge in [0.15, 0.2) is 0 Å². The number of hydrogen-bond donors (Lipinski definition) is 1. The summed E-state index contributed by atoms with van der Waals surface area (Å²) in [5, 5.41) is 3.70. The molecule has 0 spiro atoms. The molecule has 0 saturated carbocycles. The monoisotopic (exact) mass is 344 g/mol. The van der Waals surface area contributed by atoms with E-state index in [1.807, 2.05) is 11.3 Å². The van der Waals surface area contributed by atoms with Gasteiger partial charge in [-0.25, -0.2) is 0 Å². The maximum atomic E-state index is 3.70. The van der Waals surface area contributed by atoms with Crippen LogP contribution in [0.1, 0.15) is 38.0 Å². The van der Waals surface area contributed by atoms with Gasteiger partial charge in [0.1, 0.15) is 0 Å². The van der Waals surface area contributed by atoms with Gasteiger partial charge in [-0.1, -0.05) is 6.92 Å². The van der Waals surface area contributed by atoms with Gasteiger partial charge in [-0.2, -0.15) is 0 Å². The van der Waals surface area contributed by atoms with Crippen LogP contribution in [0.3, 0.4) is 0 Å². The molecule has 1 aliphatic rings. The van der Waals surface area contributed by atoms with Crippen molar-refractivity contribution in [3.05, 3.63) is 20.8 Å². The van der Waals surface area contributed by atoms with Crippen LogP contribution in [0.25, 0.3) is 0 Å². The summed E-state index contributed by atoms with van der Waals surface area (Å²) >= 11 is 5.35. The SMILES string of the molecule is CCCN1CCC(C(C)NCc2ccc(Br)s2)CC1. The van der Waals surface area contributed by atoms with E-state index in [0.717, 1.165) is 12.5 Å². The minimum absolute atomic E-state index is 0.629. The zero-order chi connectivity index (χ0) is 13.7. The van der Waals surface area contributed by atoms with Gasteiger partial charge in [-0.05, 0) is 79.8 Å². The van der Waals surface area contributed by atoms with Crippen molar-refractivity contribution in [2.45, 2.75) is 45.7 Å². The lowest BCUT2D eigenvalue weighted by molar-refractivity contribution is 0.162. The van der Waals surface area contributed by atoms with Crippen LogP contribution in [-0.2, 0) is 6.54 Å².